The number of hydrogen-bond acceptors (Lipinski definition) is 3. The number of rotatable bonds is 4. The van der Waals surface area contributed by atoms with Gasteiger partial charge in [0, 0.05) is 18.2 Å². The summed E-state index contributed by atoms with van der Waals surface area (Å²) in [4.78, 5) is 11.8. The van der Waals surface area contributed by atoms with E-state index in [9.17, 15) is 26.4 Å². The largest absolute Gasteiger partial charge is 0.416 e. The normalized spacial score (nSPS) is 23.0. The molecule has 1 amide bonds. The van der Waals surface area contributed by atoms with Crippen LogP contribution in [-0.4, -0.2) is 31.9 Å². The van der Waals surface area contributed by atoms with Crippen LogP contribution in [0.2, 0.25) is 0 Å². The number of nitrogens with one attached hydrogen (secondary N) is 1. The van der Waals surface area contributed by atoms with Gasteiger partial charge >= 0.3 is 6.18 Å². The van der Waals surface area contributed by atoms with Crippen molar-refractivity contribution in [3.05, 3.63) is 35.4 Å². The van der Waals surface area contributed by atoms with Gasteiger partial charge in [0.05, 0.1) is 5.56 Å². The van der Waals surface area contributed by atoms with Crippen LogP contribution in [0.25, 0.3) is 0 Å². The van der Waals surface area contributed by atoms with Gasteiger partial charge in [-0.2, -0.15) is 13.2 Å². The Hall–Kier alpha value is -1.57. The predicted octanol–water partition coefficient (Wildman–Crippen LogP) is 2.11. The molecule has 4 nitrogen and oxygen atoms in total. The van der Waals surface area contributed by atoms with Gasteiger partial charge in [-0.05, 0) is 25.0 Å². The molecule has 1 aliphatic carbocycles. The van der Waals surface area contributed by atoms with Gasteiger partial charge in [0.1, 0.15) is 5.25 Å². The highest BCUT2D eigenvalue weighted by Gasteiger charge is 2.45. The van der Waals surface area contributed by atoms with Gasteiger partial charge < -0.3 is 5.32 Å². The van der Waals surface area contributed by atoms with E-state index in [1.54, 1.807) is 0 Å². The van der Waals surface area contributed by atoms with Crippen molar-refractivity contribution < 1.29 is 26.4 Å². The van der Waals surface area contributed by atoms with Crippen molar-refractivity contribution in [3.8, 4) is 0 Å². The Balaban J connectivity index is 2.10. The molecule has 0 aromatic heterocycles. The zero-order valence-corrected chi connectivity index (χ0v) is 12.8. The number of sulfone groups is 1. The van der Waals surface area contributed by atoms with Crippen molar-refractivity contribution in [2.45, 2.75) is 36.7 Å². The summed E-state index contributed by atoms with van der Waals surface area (Å²) in [5, 5.41) is 1.29. The van der Waals surface area contributed by atoms with Crippen LogP contribution < -0.4 is 5.32 Å². The van der Waals surface area contributed by atoms with Crippen molar-refractivity contribution in [1.82, 2.24) is 5.32 Å². The van der Waals surface area contributed by atoms with Crippen LogP contribution in [0.15, 0.2) is 24.3 Å². The van der Waals surface area contributed by atoms with E-state index in [2.05, 4.69) is 5.32 Å². The van der Waals surface area contributed by atoms with E-state index in [4.69, 9.17) is 0 Å². The van der Waals surface area contributed by atoms with Crippen molar-refractivity contribution in [3.63, 3.8) is 0 Å². The first-order valence-electron chi connectivity index (χ1n) is 6.67. The smallest absolute Gasteiger partial charge is 0.352 e. The Morgan fingerprint density at radius 1 is 1.32 bits per heavy atom. The van der Waals surface area contributed by atoms with Crippen LogP contribution in [0.5, 0.6) is 0 Å². The maximum atomic E-state index is 12.9. The number of halogens is 3. The van der Waals surface area contributed by atoms with E-state index >= 15 is 0 Å². The van der Waals surface area contributed by atoms with Crippen molar-refractivity contribution in [1.29, 1.82) is 0 Å². The maximum absolute atomic E-state index is 12.9. The maximum Gasteiger partial charge on any atom is 0.416 e. The Kier molecular flexibility index (Phi) is 4.25. The Labute approximate surface area is 126 Å². The second-order valence-electron chi connectivity index (χ2n) is 5.51. The van der Waals surface area contributed by atoms with Gasteiger partial charge in [0.25, 0.3) is 0 Å². The fourth-order valence-electron chi connectivity index (χ4n) is 2.27. The lowest BCUT2D eigenvalue weighted by Gasteiger charge is -2.13. The van der Waals surface area contributed by atoms with Gasteiger partial charge in [-0.1, -0.05) is 18.2 Å². The van der Waals surface area contributed by atoms with Crippen molar-refractivity contribution >= 4 is 15.7 Å². The number of amides is 1. The van der Waals surface area contributed by atoms with Crippen LogP contribution in [0.3, 0.4) is 0 Å². The lowest BCUT2D eigenvalue weighted by Crippen LogP contribution is -2.39. The summed E-state index contributed by atoms with van der Waals surface area (Å²) in [5.74, 6) is -1.12. The first kappa shape index (κ1) is 16.8. The molecular weight excluding hydrogens is 319 g/mol. The van der Waals surface area contributed by atoms with Gasteiger partial charge in [0.2, 0.25) is 5.91 Å². The summed E-state index contributed by atoms with van der Waals surface area (Å²) in [6.45, 7) is 1.26. The minimum atomic E-state index is -4.45. The Morgan fingerprint density at radius 2 is 1.91 bits per heavy atom. The molecule has 2 rings (SSSR count). The number of hydrogen-bond donors (Lipinski definition) is 1. The van der Waals surface area contributed by atoms with Gasteiger partial charge in [-0.25, -0.2) is 8.42 Å². The first-order chi connectivity index (χ1) is 10.0. The quantitative estimate of drug-likeness (QED) is 0.917. The van der Waals surface area contributed by atoms with E-state index < -0.39 is 44.7 Å². The molecule has 1 aliphatic rings. The van der Waals surface area contributed by atoms with Crippen molar-refractivity contribution in [2.75, 3.05) is 6.26 Å². The molecular formula is C14H16F3NO3S. The Morgan fingerprint density at radius 3 is 2.45 bits per heavy atom. The number of carbonyl (C=O) groups is 1. The molecule has 0 radical (unpaired) electrons. The summed E-state index contributed by atoms with van der Waals surface area (Å²) in [7, 11) is -3.53. The second kappa shape index (κ2) is 5.57. The molecule has 0 saturated heterocycles. The molecule has 0 bridgehead atoms. The average molecular weight is 335 g/mol. The molecule has 22 heavy (non-hydrogen) atoms. The molecule has 122 valence electrons. The highest BCUT2D eigenvalue weighted by molar-refractivity contribution is 7.92. The fraction of sp³-hybridized carbons (Fsp3) is 0.500. The summed E-state index contributed by atoms with van der Waals surface area (Å²) in [5.41, 5.74) is -0.583. The third kappa shape index (κ3) is 3.60. The van der Waals surface area contributed by atoms with Crippen LogP contribution in [0.4, 0.5) is 13.2 Å². The van der Waals surface area contributed by atoms with E-state index in [0.29, 0.717) is 6.42 Å². The second-order valence-corrected chi connectivity index (χ2v) is 7.88. The highest BCUT2D eigenvalue weighted by atomic mass is 32.2. The van der Waals surface area contributed by atoms with Crippen LogP contribution in [0, 0.1) is 0 Å². The molecule has 3 atom stereocenters. The lowest BCUT2D eigenvalue weighted by molar-refractivity contribution is -0.138. The number of carbonyl (C=O) groups excluding carboxylic acids is 1. The minimum absolute atomic E-state index is 0.132. The van der Waals surface area contributed by atoms with E-state index in [1.807, 2.05) is 0 Å². The molecule has 1 aromatic rings. The minimum Gasteiger partial charge on any atom is -0.352 e. The molecule has 0 aliphatic heterocycles. The molecule has 0 unspecified atom stereocenters. The average Bonchev–Trinajstić information content (AvgIpc) is 3.14. The third-order valence-electron chi connectivity index (χ3n) is 3.80. The van der Waals surface area contributed by atoms with E-state index in [1.165, 1.54) is 25.1 Å². The van der Waals surface area contributed by atoms with Crippen LogP contribution in [-0.2, 0) is 20.8 Å². The molecule has 0 spiro atoms. The standard InChI is InChI=1S/C14H16F3NO3S/c1-8(22(2,20)21)13(19)18-12-7-10(12)9-5-3-4-6-11(9)14(15,16)17/h3-6,8,10,12H,7H2,1-2H3,(H,18,19)/t8-,10-,12-/m1/s1. The number of benzene rings is 1. The topological polar surface area (TPSA) is 63.2 Å². The van der Waals surface area contributed by atoms with Crippen molar-refractivity contribution in [2.24, 2.45) is 0 Å². The SMILES string of the molecule is C[C@H](C(=O)N[C@@H]1C[C@@H]1c1ccccc1C(F)(F)F)S(C)(=O)=O. The summed E-state index contributed by atoms with van der Waals surface area (Å²) in [6.07, 6.45) is -3.14. The van der Waals surface area contributed by atoms with Gasteiger partial charge in [0.15, 0.2) is 9.84 Å². The predicted molar refractivity (Wildman–Crippen MR) is 75.0 cm³/mol. The zero-order valence-electron chi connectivity index (χ0n) is 12.0. The van der Waals surface area contributed by atoms with Gasteiger partial charge in [-0.15, -0.1) is 0 Å². The van der Waals surface area contributed by atoms with E-state index in [-0.39, 0.29) is 5.56 Å². The molecule has 1 N–H and O–H groups in total. The molecule has 1 saturated carbocycles. The van der Waals surface area contributed by atoms with Crippen LogP contribution in [0.1, 0.15) is 30.4 Å². The Bertz CT molecular complexity index is 685. The zero-order chi connectivity index (χ0) is 16.7. The molecule has 0 heterocycles. The summed E-state index contributed by atoms with van der Waals surface area (Å²) in [6, 6.07) is 4.76. The molecule has 8 heteroatoms. The molecule has 1 fully saturated rings. The third-order valence-corrected chi connectivity index (χ3v) is 5.29. The highest BCUT2D eigenvalue weighted by Crippen LogP contribution is 2.46. The number of alkyl halides is 3. The monoisotopic (exact) mass is 335 g/mol. The molecule has 1 aromatic carbocycles. The fourth-order valence-corrected chi connectivity index (χ4v) is 2.73. The lowest BCUT2D eigenvalue weighted by atomic mass is 10.0. The van der Waals surface area contributed by atoms with Crippen LogP contribution >= 0.6 is 0 Å². The van der Waals surface area contributed by atoms with E-state index in [0.717, 1.165) is 12.3 Å². The summed E-state index contributed by atoms with van der Waals surface area (Å²) < 4.78 is 61.4. The first-order valence-corrected chi connectivity index (χ1v) is 8.62. The summed E-state index contributed by atoms with van der Waals surface area (Å²) >= 11 is 0. The van der Waals surface area contributed by atoms with Gasteiger partial charge in [-0.3, -0.25) is 4.79 Å².